The summed E-state index contributed by atoms with van der Waals surface area (Å²) in [4.78, 5) is -0.416. The lowest BCUT2D eigenvalue weighted by Crippen LogP contribution is -2.01. The fourth-order valence-corrected chi connectivity index (χ4v) is 1.57. The van der Waals surface area contributed by atoms with Crippen molar-refractivity contribution in [3.63, 3.8) is 0 Å². The van der Waals surface area contributed by atoms with Gasteiger partial charge in [0.1, 0.15) is 16.7 Å². The number of benzene rings is 1. The quantitative estimate of drug-likeness (QED) is 0.734. The van der Waals surface area contributed by atoms with Gasteiger partial charge in [-0.15, -0.1) is 0 Å². The maximum Gasteiger partial charge on any atom is 0.295 e. The van der Waals surface area contributed by atoms with Crippen molar-refractivity contribution in [2.45, 2.75) is 4.90 Å². The Kier molecular flexibility index (Phi) is 2.74. The fourth-order valence-electron chi connectivity index (χ4n) is 0.948. The number of hydrogen-bond acceptors (Lipinski definition) is 4. The first kappa shape index (κ1) is 10.5. The zero-order valence-electron chi connectivity index (χ0n) is 7.26. The van der Waals surface area contributed by atoms with Gasteiger partial charge in [0.25, 0.3) is 10.1 Å². The van der Waals surface area contributed by atoms with E-state index in [1.54, 1.807) is 6.07 Å². The van der Waals surface area contributed by atoms with Crippen LogP contribution in [0.15, 0.2) is 23.1 Å². The maximum atomic E-state index is 10.8. The number of nitriles is 1. The van der Waals surface area contributed by atoms with Crippen molar-refractivity contribution in [1.29, 1.82) is 5.26 Å². The maximum absolute atomic E-state index is 10.8. The van der Waals surface area contributed by atoms with Crippen molar-refractivity contribution in [2.24, 2.45) is 0 Å². The molecule has 0 radical (unpaired) electrons. The van der Waals surface area contributed by atoms with Crippen LogP contribution in [0.5, 0.6) is 5.75 Å². The van der Waals surface area contributed by atoms with E-state index >= 15 is 0 Å². The van der Waals surface area contributed by atoms with E-state index in [0.717, 1.165) is 6.07 Å². The van der Waals surface area contributed by atoms with Gasteiger partial charge in [0, 0.05) is 0 Å². The van der Waals surface area contributed by atoms with Gasteiger partial charge >= 0.3 is 0 Å². The molecule has 0 spiro atoms. The Hall–Kier alpha value is -1.58. The predicted octanol–water partition coefficient (Wildman–Crippen LogP) is 0.814. The lowest BCUT2D eigenvalue weighted by Gasteiger charge is -2.02. The SMILES string of the molecule is COc1ccc(S(=O)(=O)O)c(C#N)c1. The molecular formula is C8H7NO4S. The van der Waals surface area contributed by atoms with Crippen LogP contribution in [0.25, 0.3) is 0 Å². The van der Waals surface area contributed by atoms with Crippen molar-refractivity contribution in [3.05, 3.63) is 23.8 Å². The Morgan fingerprint density at radius 3 is 2.57 bits per heavy atom. The number of ether oxygens (including phenoxy) is 1. The molecule has 0 aliphatic rings. The van der Waals surface area contributed by atoms with E-state index in [0.29, 0.717) is 5.75 Å². The van der Waals surface area contributed by atoms with Crippen molar-refractivity contribution in [1.82, 2.24) is 0 Å². The van der Waals surface area contributed by atoms with Crippen molar-refractivity contribution in [2.75, 3.05) is 7.11 Å². The molecule has 0 saturated carbocycles. The lowest BCUT2D eigenvalue weighted by atomic mass is 10.2. The largest absolute Gasteiger partial charge is 0.497 e. The van der Waals surface area contributed by atoms with Gasteiger partial charge in [-0.2, -0.15) is 13.7 Å². The van der Waals surface area contributed by atoms with E-state index < -0.39 is 15.0 Å². The minimum Gasteiger partial charge on any atom is -0.497 e. The van der Waals surface area contributed by atoms with E-state index in [4.69, 9.17) is 14.6 Å². The highest BCUT2D eigenvalue weighted by atomic mass is 32.2. The van der Waals surface area contributed by atoms with Crippen LogP contribution in [-0.4, -0.2) is 20.1 Å². The first-order chi connectivity index (χ1) is 6.49. The van der Waals surface area contributed by atoms with Crippen LogP contribution in [0.2, 0.25) is 0 Å². The van der Waals surface area contributed by atoms with E-state index in [9.17, 15) is 8.42 Å². The van der Waals surface area contributed by atoms with Crippen LogP contribution in [0.1, 0.15) is 5.56 Å². The summed E-state index contributed by atoms with van der Waals surface area (Å²) in [7, 11) is -2.96. The number of rotatable bonds is 2. The van der Waals surface area contributed by atoms with E-state index in [1.165, 1.54) is 19.2 Å². The second kappa shape index (κ2) is 3.65. The highest BCUT2D eigenvalue weighted by molar-refractivity contribution is 7.85. The summed E-state index contributed by atoms with van der Waals surface area (Å²) in [5, 5.41) is 8.62. The average Bonchev–Trinajstić information content (AvgIpc) is 2.15. The van der Waals surface area contributed by atoms with Crippen LogP contribution in [0.3, 0.4) is 0 Å². The van der Waals surface area contributed by atoms with E-state index in [2.05, 4.69) is 0 Å². The van der Waals surface area contributed by atoms with Gasteiger partial charge in [0.2, 0.25) is 0 Å². The van der Waals surface area contributed by atoms with Gasteiger partial charge in [-0.05, 0) is 18.2 Å². The van der Waals surface area contributed by atoms with Gasteiger partial charge in [0.05, 0.1) is 12.7 Å². The average molecular weight is 213 g/mol. The zero-order chi connectivity index (χ0) is 10.8. The van der Waals surface area contributed by atoms with Gasteiger partial charge < -0.3 is 4.74 Å². The Balaban J connectivity index is 3.43. The third-order valence-electron chi connectivity index (χ3n) is 1.59. The molecule has 0 atom stereocenters. The smallest absolute Gasteiger partial charge is 0.295 e. The molecule has 0 aromatic heterocycles. The van der Waals surface area contributed by atoms with Crippen LogP contribution in [0, 0.1) is 11.3 Å². The fraction of sp³-hybridized carbons (Fsp3) is 0.125. The predicted molar refractivity (Wildman–Crippen MR) is 47.5 cm³/mol. The molecule has 5 nitrogen and oxygen atoms in total. The summed E-state index contributed by atoms with van der Waals surface area (Å²) in [6.07, 6.45) is 0. The molecule has 0 bridgehead atoms. The molecule has 0 fully saturated rings. The number of methoxy groups -OCH3 is 1. The summed E-state index contributed by atoms with van der Waals surface area (Å²) >= 11 is 0. The Morgan fingerprint density at radius 2 is 2.14 bits per heavy atom. The van der Waals surface area contributed by atoms with E-state index in [1.807, 2.05) is 0 Å². The molecule has 0 unspecified atom stereocenters. The number of nitrogens with zero attached hydrogens (tertiary/aromatic N) is 1. The first-order valence-corrected chi connectivity index (χ1v) is 4.98. The van der Waals surface area contributed by atoms with Crippen molar-refractivity contribution >= 4 is 10.1 Å². The van der Waals surface area contributed by atoms with Crippen LogP contribution in [-0.2, 0) is 10.1 Å². The molecule has 1 N–H and O–H groups in total. The molecule has 0 heterocycles. The monoisotopic (exact) mass is 213 g/mol. The first-order valence-electron chi connectivity index (χ1n) is 3.54. The Morgan fingerprint density at radius 1 is 1.50 bits per heavy atom. The minimum absolute atomic E-state index is 0.146. The normalized spacial score (nSPS) is 10.6. The lowest BCUT2D eigenvalue weighted by molar-refractivity contribution is 0.414. The molecular weight excluding hydrogens is 206 g/mol. The molecule has 0 aliphatic carbocycles. The molecule has 1 rings (SSSR count). The second-order valence-electron chi connectivity index (χ2n) is 2.45. The number of hydrogen-bond donors (Lipinski definition) is 1. The second-order valence-corrected chi connectivity index (χ2v) is 3.84. The Labute approximate surface area is 81.3 Å². The molecule has 0 amide bonds. The van der Waals surface area contributed by atoms with Gasteiger partial charge in [-0.1, -0.05) is 0 Å². The van der Waals surface area contributed by atoms with Crippen LogP contribution in [0.4, 0.5) is 0 Å². The summed E-state index contributed by atoms with van der Waals surface area (Å²) in [5.74, 6) is 0.356. The van der Waals surface area contributed by atoms with E-state index in [-0.39, 0.29) is 5.56 Å². The standard InChI is InChI=1S/C8H7NO4S/c1-13-7-2-3-8(14(10,11)12)6(4-7)5-9/h2-4H,1H3,(H,10,11,12). The highest BCUT2D eigenvalue weighted by Gasteiger charge is 2.15. The topological polar surface area (TPSA) is 87.4 Å². The summed E-state index contributed by atoms with van der Waals surface area (Å²) in [5.41, 5.74) is -0.146. The van der Waals surface area contributed by atoms with Gasteiger partial charge in [-0.25, -0.2) is 0 Å². The van der Waals surface area contributed by atoms with Crippen molar-refractivity contribution in [3.8, 4) is 11.8 Å². The Bertz CT molecular complexity index is 487. The molecule has 1 aromatic carbocycles. The third-order valence-corrected chi connectivity index (χ3v) is 2.50. The molecule has 14 heavy (non-hydrogen) atoms. The van der Waals surface area contributed by atoms with Crippen molar-refractivity contribution < 1.29 is 17.7 Å². The highest BCUT2D eigenvalue weighted by Crippen LogP contribution is 2.20. The van der Waals surface area contributed by atoms with Crippen LogP contribution >= 0.6 is 0 Å². The van der Waals surface area contributed by atoms with Crippen LogP contribution < -0.4 is 4.74 Å². The summed E-state index contributed by atoms with van der Waals surface area (Å²) < 4.78 is 35.1. The minimum atomic E-state index is -4.35. The summed E-state index contributed by atoms with van der Waals surface area (Å²) in [6, 6.07) is 5.37. The molecule has 0 saturated heterocycles. The molecule has 1 aromatic rings. The molecule has 74 valence electrons. The summed E-state index contributed by atoms with van der Waals surface area (Å²) in [6.45, 7) is 0. The zero-order valence-corrected chi connectivity index (χ0v) is 8.08. The molecule has 0 aliphatic heterocycles. The van der Waals surface area contributed by atoms with Gasteiger partial charge in [-0.3, -0.25) is 4.55 Å². The third kappa shape index (κ3) is 2.02. The van der Waals surface area contributed by atoms with Gasteiger partial charge in [0.15, 0.2) is 0 Å². The molecule has 6 heteroatoms.